The molecule has 0 spiro atoms. The lowest BCUT2D eigenvalue weighted by atomic mass is 10.4. The first kappa shape index (κ1) is 6.58. The second kappa shape index (κ2) is 2.19. The predicted molar refractivity (Wildman–Crippen MR) is 36.4 cm³/mol. The summed E-state index contributed by atoms with van der Waals surface area (Å²) in [4.78, 5) is 3.67. The Balaban J connectivity index is 2.50. The maximum Gasteiger partial charge on any atom is 0.285 e. The normalized spacial score (nSPS) is 10.3. The minimum Gasteiger partial charge on any atom is -0.379 e. The van der Waals surface area contributed by atoms with E-state index in [0.717, 1.165) is 0 Å². The van der Waals surface area contributed by atoms with Gasteiger partial charge in [0.15, 0.2) is 0 Å². The number of aromatic nitrogens is 4. The van der Waals surface area contributed by atoms with Gasteiger partial charge in [-0.1, -0.05) is 0 Å². The molecule has 0 atom stereocenters. The Bertz CT molecular complexity index is 392. The first-order valence-electron chi connectivity index (χ1n) is 2.95. The largest absolute Gasteiger partial charge is 0.379 e. The summed E-state index contributed by atoms with van der Waals surface area (Å²) < 4.78 is 8.98. The van der Waals surface area contributed by atoms with E-state index in [0.29, 0.717) is 0 Å². The molecule has 0 saturated heterocycles. The van der Waals surface area contributed by atoms with Crippen molar-refractivity contribution in [2.45, 2.75) is 0 Å². The summed E-state index contributed by atoms with van der Waals surface area (Å²) in [5.74, 6) is 0.178. The van der Waals surface area contributed by atoms with Crippen molar-refractivity contribution in [3.05, 3.63) is 0 Å². The average molecular weight is 168 g/mol. The van der Waals surface area contributed by atoms with Crippen molar-refractivity contribution >= 4 is 11.8 Å². The van der Waals surface area contributed by atoms with E-state index >= 15 is 0 Å². The fourth-order valence-electron chi connectivity index (χ4n) is 0.675. The minimum atomic E-state index is 0.00685. The molecule has 62 valence electrons. The maximum absolute atomic E-state index is 5.35. The highest BCUT2D eigenvalue weighted by Crippen LogP contribution is 2.19. The summed E-state index contributed by atoms with van der Waals surface area (Å²) >= 11 is 0. The molecule has 2 rings (SSSR count). The van der Waals surface area contributed by atoms with Crippen molar-refractivity contribution in [3.8, 4) is 11.6 Å². The first-order valence-corrected chi connectivity index (χ1v) is 2.95. The number of nitrogen functional groups attached to an aromatic ring is 2. The molecule has 2 heterocycles. The Labute approximate surface area is 65.5 Å². The third-order valence-electron chi connectivity index (χ3n) is 1.16. The number of nitrogens with zero attached hydrogens (tertiary/aromatic N) is 4. The van der Waals surface area contributed by atoms with Gasteiger partial charge in [-0.05, 0) is 15.5 Å². The zero-order chi connectivity index (χ0) is 8.55. The molecule has 4 N–H and O–H groups in total. The monoisotopic (exact) mass is 168 g/mol. The van der Waals surface area contributed by atoms with E-state index < -0.39 is 0 Å². The SMILES string of the molecule is Nc1noc(-c2nonc2N)n1. The molecule has 12 heavy (non-hydrogen) atoms. The highest BCUT2D eigenvalue weighted by molar-refractivity contribution is 5.60. The number of anilines is 2. The molecule has 2 aromatic heterocycles. The van der Waals surface area contributed by atoms with E-state index in [9.17, 15) is 0 Å². The highest BCUT2D eigenvalue weighted by atomic mass is 16.6. The summed E-state index contributed by atoms with van der Waals surface area (Å²) in [6.07, 6.45) is 0. The summed E-state index contributed by atoms with van der Waals surface area (Å²) in [6.45, 7) is 0. The smallest absolute Gasteiger partial charge is 0.285 e. The van der Waals surface area contributed by atoms with Crippen molar-refractivity contribution < 1.29 is 9.15 Å². The fourth-order valence-corrected chi connectivity index (χ4v) is 0.675. The second-order valence-corrected chi connectivity index (χ2v) is 1.96. The minimum absolute atomic E-state index is 0.00685. The summed E-state index contributed by atoms with van der Waals surface area (Å²) in [5.41, 5.74) is 10.7. The molecule has 0 aliphatic rings. The second-order valence-electron chi connectivity index (χ2n) is 1.96. The van der Waals surface area contributed by atoms with Gasteiger partial charge < -0.3 is 16.0 Å². The van der Waals surface area contributed by atoms with Crippen LogP contribution in [0, 0.1) is 0 Å². The molecule has 0 aliphatic carbocycles. The van der Waals surface area contributed by atoms with Gasteiger partial charge in [0.1, 0.15) is 0 Å². The van der Waals surface area contributed by atoms with Gasteiger partial charge in [-0.2, -0.15) is 4.98 Å². The molecule has 0 radical (unpaired) electrons. The van der Waals surface area contributed by atoms with Gasteiger partial charge in [0.2, 0.25) is 11.5 Å². The molecule has 0 aromatic carbocycles. The van der Waals surface area contributed by atoms with Crippen LogP contribution in [0.5, 0.6) is 0 Å². The summed E-state index contributed by atoms with van der Waals surface area (Å²) in [7, 11) is 0. The van der Waals surface area contributed by atoms with Crippen LogP contribution in [0.3, 0.4) is 0 Å². The lowest BCUT2D eigenvalue weighted by Crippen LogP contribution is -1.89. The van der Waals surface area contributed by atoms with E-state index in [-0.39, 0.29) is 23.4 Å². The lowest BCUT2D eigenvalue weighted by Gasteiger charge is -1.81. The van der Waals surface area contributed by atoms with Crippen molar-refractivity contribution in [3.63, 3.8) is 0 Å². The van der Waals surface area contributed by atoms with Crippen LogP contribution in [0.1, 0.15) is 0 Å². The molecule has 0 amide bonds. The van der Waals surface area contributed by atoms with Crippen molar-refractivity contribution in [1.82, 2.24) is 20.5 Å². The Kier molecular flexibility index (Phi) is 1.20. The standard InChI is InChI=1S/C4H4N6O2/c5-2-1(8-12-9-2)3-7-4(6)10-11-3/h(H2,5,9)(H2,6,10). The molecule has 0 bridgehead atoms. The Morgan fingerprint density at radius 1 is 1.08 bits per heavy atom. The zero-order valence-corrected chi connectivity index (χ0v) is 5.76. The topological polar surface area (TPSA) is 130 Å². The van der Waals surface area contributed by atoms with Gasteiger partial charge in [-0.15, -0.1) is 0 Å². The van der Waals surface area contributed by atoms with Gasteiger partial charge in [-0.3, -0.25) is 0 Å². The van der Waals surface area contributed by atoms with E-state index in [1.54, 1.807) is 0 Å². The quantitative estimate of drug-likeness (QED) is 0.570. The molecule has 2 aromatic rings. The van der Waals surface area contributed by atoms with Crippen LogP contribution >= 0.6 is 0 Å². The third-order valence-corrected chi connectivity index (χ3v) is 1.16. The van der Waals surface area contributed by atoms with Gasteiger partial charge in [-0.25, -0.2) is 4.63 Å². The predicted octanol–water partition coefficient (Wildman–Crippen LogP) is -0.716. The zero-order valence-electron chi connectivity index (χ0n) is 5.76. The Morgan fingerprint density at radius 3 is 2.42 bits per heavy atom. The molecule has 8 heteroatoms. The first-order chi connectivity index (χ1) is 5.77. The lowest BCUT2D eigenvalue weighted by molar-refractivity contribution is 0.308. The third kappa shape index (κ3) is 0.856. The molecular formula is C4H4N6O2. The summed E-state index contributed by atoms with van der Waals surface area (Å²) in [6, 6.07) is 0. The van der Waals surface area contributed by atoms with Crippen LogP contribution in [0.15, 0.2) is 9.15 Å². The van der Waals surface area contributed by atoms with Crippen LogP contribution < -0.4 is 11.5 Å². The van der Waals surface area contributed by atoms with Crippen LogP contribution in [0.2, 0.25) is 0 Å². The molecule has 0 saturated carbocycles. The van der Waals surface area contributed by atoms with Gasteiger partial charge in [0, 0.05) is 0 Å². The molecular weight excluding hydrogens is 164 g/mol. The molecule has 0 aliphatic heterocycles. The van der Waals surface area contributed by atoms with Gasteiger partial charge >= 0.3 is 0 Å². The van der Waals surface area contributed by atoms with E-state index in [2.05, 4.69) is 29.6 Å². The van der Waals surface area contributed by atoms with Crippen LogP contribution in [0.4, 0.5) is 11.8 Å². The Morgan fingerprint density at radius 2 is 1.92 bits per heavy atom. The maximum atomic E-state index is 5.35. The van der Waals surface area contributed by atoms with Crippen LogP contribution in [-0.2, 0) is 0 Å². The molecule has 0 fully saturated rings. The van der Waals surface area contributed by atoms with Crippen molar-refractivity contribution in [2.75, 3.05) is 11.5 Å². The van der Waals surface area contributed by atoms with E-state index in [1.165, 1.54) is 0 Å². The van der Waals surface area contributed by atoms with E-state index in [4.69, 9.17) is 11.5 Å². The van der Waals surface area contributed by atoms with Crippen molar-refractivity contribution in [1.29, 1.82) is 0 Å². The number of rotatable bonds is 1. The van der Waals surface area contributed by atoms with Crippen molar-refractivity contribution in [2.24, 2.45) is 0 Å². The highest BCUT2D eigenvalue weighted by Gasteiger charge is 2.15. The van der Waals surface area contributed by atoms with Gasteiger partial charge in [0.05, 0.1) is 0 Å². The number of hydrogen-bond acceptors (Lipinski definition) is 8. The fraction of sp³-hybridized carbons (Fsp3) is 0. The van der Waals surface area contributed by atoms with Gasteiger partial charge in [0.25, 0.3) is 11.8 Å². The van der Waals surface area contributed by atoms with Crippen LogP contribution in [0.25, 0.3) is 11.6 Å². The molecule has 8 nitrogen and oxygen atoms in total. The summed E-state index contributed by atoms with van der Waals surface area (Å²) in [5, 5.41) is 10.1. The van der Waals surface area contributed by atoms with Crippen LogP contribution in [-0.4, -0.2) is 20.5 Å². The van der Waals surface area contributed by atoms with E-state index in [1.807, 2.05) is 0 Å². The number of nitrogens with two attached hydrogens (primary N) is 2. The molecule has 0 unspecified atom stereocenters. The Hall–Kier alpha value is -2.12. The number of hydrogen-bond donors (Lipinski definition) is 2. The average Bonchev–Trinajstić information content (AvgIpc) is 2.58.